The highest BCUT2D eigenvalue weighted by atomic mass is 19.1. The smallest absolute Gasteiger partial charge is 0.251 e. The normalized spacial score (nSPS) is 10.3. The summed E-state index contributed by atoms with van der Waals surface area (Å²) in [6.07, 6.45) is 1.46. The van der Waals surface area contributed by atoms with E-state index < -0.39 is 0 Å². The Hall–Kier alpha value is -3.28. The molecule has 1 aromatic heterocycles. The van der Waals surface area contributed by atoms with Crippen molar-refractivity contribution in [2.75, 3.05) is 7.11 Å². The minimum Gasteiger partial charge on any atom is -0.497 e. The van der Waals surface area contributed by atoms with Crippen LogP contribution in [0.5, 0.6) is 5.75 Å². The van der Waals surface area contributed by atoms with Crippen LogP contribution >= 0.6 is 0 Å². The van der Waals surface area contributed by atoms with Crippen molar-refractivity contribution in [2.45, 2.75) is 6.54 Å². The molecule has 3 rings (SSSR count). The highest BCUT2D eigenvalue weighted by molar-refractivity contribution is 5.94. The molecule has 0 saturated heterocycles. The minimum absolute atomic E-state index is 0.252. The van der Waals surface area contributed by atoms with Gasteiger partial charge in [-0.2, -0.15) is 0 Å². The first kappa shape index (κ1) is 16.6. The highest BCUT2D eigenvalue weighted by Crippen LogP contribution is 2.20. The Morgan fingerprint density at radius 3 is 2.48 bits per heavy atom. The maximum Gasteiger partial charge on any atom is 0.251 e. The molecule has 1 N–H and O–H groups in total. The first-order valence-electron chi connectivity index (χ1n) is 7.65. The van der Waals surface area contributed by atoms with E-state index in [-0.39, 0.29) is 18.3 Å². The molecule has 0 aliphatic heterocycles. The van der Waals surface area contributed by atoms with Crippen LogP contribution in [0.2, 0.25) is 0 Å². The molecular formula is C19H16FN3O2. The van der Waals surface area contributed by atoms with Crippen molar-refractivity contribution in [2.24, 2.45) is 0 Å². The van der Waals surface area contributed by atoms with Crippen molar-refractivity contribution in [1.29, 1.82) is 0 Å². The Bertz CT molecular complexity index is 865. The number of carbonyl (C=O) groups excluding carboxylic acids is 1. The number of hydrogen-bond donors (Lipinski definition) is 1. The van der Waals surface area contributed by atoms with E-state index in [1.807, 2.05) is 30.3 Å². The van der Waals surface area contributed by atoms with Gasteiger partial charge < -0.3 is 10.1 Å². The molecule has 0 spiro atoms. The lowest BCUT2D eigenvalue weighted by Gasteiger charge is -2.07. The van der Waals surface area contributed by atoms with Gasteiger partial charge in [-0.15, -0.1) is 0 Å². The Labute approximate surface area is 144 Å². The Morgan fingerprint density at radius 1 is 1.08 bits per heavy atom. The summed E-state index contributed by atoms with van der Waals surface area (Å²) in [5, 5.41) is 2.76. The molecule has 0 saturated carbocycles. The molecule has 0 radical (unpaired) electrons. The lowest BCUT2D eigenvalue weighted by atomic mass is 10.1. The first-order chi connectivity index (χ1) is 12.2. The summed E-state index contributed by atoms with van der Waals surface area (Å²) in [5.74, 6) is 0.102. The summed E-state index contributed by atoms with van der Waals surface area (Å²) in [6, 6.07) is 14.7. The Morgan fingerprint density at radius 2 is 1.80 bits per heavy atom. The van der Waals surface area contributed by atoms with E-state index in [1.54, 1.807) is 7.11 Å². The van der Waals surface area contributed by atoms with Crippen LogP contribution < -0.4 is 10.1 Å². The number of nitrogens with zero attached hydrogens (tertiary/aromatic N) is 2. The second-order valence-electron chi connectivity index (χ2n) is 5.31. The summed E-state index contributed by atoms with van der Waals surface area (Å²) in [4.78, 5) is 20.5. The molecule has 2 aromatic carbocycles. The lowest BCUT2D eigenvalue weighted by molar-refractivity contribution is 0.0950. The summed E-state index contributed by atoms with van der Waals surface area (Å²) in [6.45, 7) is 0.252. The van der Waals surface area contributed by atoms with Gasteiger partial charge in [0.15, 0.2) is 0 Å². The fourth-order valence-corrected chi connectivity index (χ4v) is 2.29. The standard InChI is InChI=1S/C19H16FN3O2/c1-25-17-8-4-13(5-9-17)18-10-16(22-12-23-18)11-21-19(24)14-2-6-15(20)7-3-14/h2-10,12H,11H2,1H3,(H,21,24). The quantitative estimate of drug-likeness (QED) is 0.776. The maximum absolute atomic E-state index is 12.9. The van der Waals surface area contributed by atoms with Gasteiger partial charge in [0.1, 0.15) is 17.9 Å². The zero-order chi connectivity index (χ0) is 17.6. The number of halogens is 1. The molecule has 0 aliphatic rings. The van der Waals surface area contributed by atoms with Crippen LogP contribution in [0.25, 0.3) is 11.3 Å². The second-order valence-corrected chi connectivity index (χ2v) is 5.31. The molecule has 0 aliphatic carbocycles. The zero-order valence-electron chi connectivity index (χ0n) is 13.6. The fraction of sp³-hybridized carbons (Fsp3) is 0.105. The van der Waals surface area contributed by atoms with E-state index in [4.69, 9.17) is 4.74 Å². The van der Waals surface area contributed by atoms with Crippen molar-refractivity contribution in [3.05, 3.63) is 78.0 Å². The fourth-order valence-electron chi connectivity index (χ4n) is 2.29. The molecule has 0 atom stereocenters. The monoisotopic (exact) mass is 337 g/mol. The average Bonchev–Trinajstić information content (AvgIpc) is 2.67. The largest absolute Gasteiger partial charge is 0.497 e. The molecule has 25 heavy (non-hydrogen) atoms. The summed E-state index contributed by atoms with van der Waals surface area (Å²) in [5.41, 5.74) is 2.75. The summed E-state index contributed by atoms with van der Waals surface area (Å²) >= 11 is 0. The lowest BCUT2D eigenvalue weighted by Crippen LogP contribution is -2.23. The molecular weight excluding hydrogens is 321 g/mol. The van der Waals surface area contributed by atoms with Crippen molar-refractivity contribution in [3.8, 4) is 17.0 Å². The number of methoxy groups -OCH3 is 1. The van der Waals surface area contributed by atoms with E-state index in [1.165, 1.54) is 30.6 Å². The third-order valence-electron chi connectivity index (χ3n) is 3.65. The number of aromatic nitrogens is 2. The van der Waals surface area contributed by atoms with Gasteiger partial charge in [-0.05, 0) is 54.6 Å². The summed E-state index contributed by atoms with van der Waals surface area (Å²) < 4.78 is 18.0. The summed E-state index contributed by atoms with van der Waals surface area (Å²) in [7, 11) is 1.61. The van der Waals surface area contributed by atoms with Crippen molar-refractivity contribution < 1.29 is 13.9 Å². The van der Waals surface area contributed by atoms with E-state index in [2.05, 4.69) is 15.3 Å². The van der Waals surface area contributed by atoms with Crippen LogP contribution in [0.3, 0.4) is 0 Å². The van der Waals surface area contributed by atoms with Crippen LogP contribution in [-0.2, 0) is 6.54 Å². The van der Waals surface area contributed by atoms with Crippen molar-refractivity contribution in [3.63, 3.8) is 0 Å². The van der Waals surface area contributed by atoms with Gasteiger partial charge >= 0.3 is 0 Å². The number of nitrogens with one attached hydrogen (secondary N) is 1. The highest BCUT2D eigenvalue weighted by Gasteiger charge is 2.07. The average molecular weight is 337 g/mol. The van der Waals surface area contributed by atoms with Crippen LogP contribution in [0.1, 0.15) is 16.1 Å². The van der Waals surface area contributed by atoms with Crippen LogP contribution in [0.4, 0.5) is 4.39 Å². The first-order valence-corrected chi connectivity index (χ1v) is 7.65. The minimum atomic E-state index is -0.378. The molecule has 126 valence electrons. The van der Waals surface area contributed by atoms with Gasteiger partial charge in [-0.25, -0.2) is 14.4 Å². The molecule has 0 unspecified atom stereocenters. The zero-order valence-corrected chi connectivity index (χ0v) is 13.6. The Balaban J connectivity index is 1.69. The molecule has 5 nitrogen and oxygen atoms in total. The molecule has 3 aromatic rings. The molecule has 0 fully saturated rings. The predicted molar refractivity (Wildman–Crippen MR) is 91.6 cm³/mol. The molecule has 1 heterocycles. The van der Waals surface area contributed by atoms with E-state index in [9.17, 15) is 9.18 Å². The van der Waals surface area contributed by atoms with Crippen LogP contribution in [0.15, 0.2) is 60.9 Å². The molecule has 1 amide bonds. The van der Waals surface area contributed by atoms with Gasteiger partial charge in [0, 0.05) is 11.1 Å². The predicted octanol–water partition coefficient (Wildman–Crippen LogP) is 3.22. The van der Waals surface area contributed by atoms with Gasteiger partial charge in [0.25, 0.3) is 5.91 Å². The Kier molecular flexibility index (Phi) is 4.99. The second kappa shape index (κ2) is 7.53. The van der Waals surface area contributed by atoms with Crippen molar-refractivity contribution >= 4 is 5.91 Å². The SMILES string of the molecule is COc1ccc(-c2cc(CNC(=O)c3ccc(F)cc3)ncn2)cc1. The van der Waals surface area contributed by atoms with Gasteiger partial charge in [-0.1, -0.05) is 0 Å². The third-order valence-corrected chi connectivity index (χ3v) is 3.65. The third kappa shape index (κ3) is 4.17. The van der Waals surface area contributed by atoms with Gasteiger partial charge in [-0.3, -0.25) is 4.79 Å². The van der Waals surface area contributed by atoms with Crippen LogP contribution in [0, 0.1) is 5.82 Å². The van der Waals surface area contributed by atoms with Crippen LogP contribution in [-0.4, -0.2) is 23.0 Å². The number of amides is 1. The number of benzene rings is 2. The maximum atomic E-state index is 12.9. The van der Waals surface area contributed by atoms with E-state index >= 15 is 0 Å². The van der Waals surface area contributed by atoms with Gasteiger partial charge in [0.05, 0.1) is 25.0 Å². The van der Waals surface area contributed by atoms with E-state index in [0.29, 0.717) is 11.3 Å². The van der Waals surface area contributed by atoms with Crippen molar-refractivity contribution in [1.82, 2.24) is 15.3 Å². The van der Waals surface area contributed by atoms with E-state index in [0.717, 1.165) is 17.0 Å². The molecule has 6 heteroatoms. The number of hydrogen-bond acceptors (Lipinski definition) is 4. The van der Waals surface area contributed by atoms with Gasteiger partial charge in [0.2, 0.25) is 0 Å². The number of carbonyl (C=O) groups is 1. The topological polar surface area (TPSA) is 64.1 Å². The number of ether oxygens (including phenoxy) is 1. The molecule has 0 bridgehead atoms. The number of rotatable bonds is 5.